The van der Waals surface area contributed by atoms with Gasteiger partial charge in [0.15, 0.2) is 0 Å². The maximum absolute atomic E-state index is 11.4. The molecule has 3 nitrogen and oxygen atoms in total. The van der Waals surface area contributed by atoms with Crippen LogP contribution in [-0.4, -0.2) is 17.1 Å². The molecular weight excluding hydrogens is 210 g/mol. The second-order valence-corrected chi connectivity index (χ2v) is 4.67. The van der Waals surface area contributed by atoms with Crippen LogP contribution in [0.2, 0.25) is 0 Å². The Hall–Kier alpha value is -0.870. The molecule has 0 aromatic carbocycles. The van der Waals surface area contributed by atoms with Crippen molar-refractivity contribution in [3.8, 4) is 0 Å². The van der Waals surface area contributed by atoms with Crippen LogP contribution in [0.5, 0.6) is 0 Å². The Labute approximate surface area is 94.1 Å². The number of amides is 1. The number of carbonyl (C=O) groups is 1. The van der Waals surface area contributed by atoms with Crippen molar-refractivity contribution in [2.75, 3.05) is 0 Å². The zero-order valence-corrected chi connectivity index (χ0v) is 9.88. The van der Waals surface area contributed by atoms with Gasteiger partial charge in [-0.25, -0.2) is 0 Å². The SMILES string of the molecule is CC(O)CCC(=O)NC(C)c1cccs1. The van der Waals surface area contributed by atoms with Crippen molar-refractivity contribution in [3.63, 3.8) is 0 Å². The van der Waals surface area contributed by atoms with Crippen LogP contribution in [0.25, 0.3) is 0 Å². The first kappa shape index (κ1) is 12.2. The molecule has 84 valence electrons. The van der Waals surface area contributed by atoms with Crippen molar-refractivity contribution < 1.29 is 9.90 Å². The molecule has 1 amide bonds. The van der Waals surface area contributed by atoms with E-state index in [1.54, 1.807) is 18.3 Å². The smallest absolute Gasteiger partial charge is 0.220 e. The number of hydrogen-bond donors (Lipinski definition) is 2. The molecule has 1 heterocycles. The van der Waals surface area contributed by atoms with Gasteiger partial charge in [-0.1, -0.05) is 6.07 Å². The van der Waals surface area contributed by atoms with E-state index < -0.39 is 6.10 Å². The number of nitrogens with one attached hydrogen (secondary N) is 1. The predicted octanol–water partition coefficient (Wildman–Crippen LogP) is 2.09. The molecule has 2 N–H and O–H groups in total. The van der Waals surface area contributed by atoms with Gasteiger partial charge in [-0.15, -0.1) is 11.3 Å². The van der Waals surface area contributed by atoms with Gasteiger partial charge >= 0.3 is 0 Å². The van der Waals surface area contributed by atoms with Crippen LogP contribution in [0, 0.1) is 0 Å². The summed E-state index contributed by atoms with van der Waals surface area (Å²) < 4.78 is 0. The summed E-state index contributed by atoms with van der Waals surface area (Å²) in [5, 5.41) is 13.9. The first-order valence-electron chi connectivity index (χ1n) is 5.10. The molecule has 0 aliphatic heterocycles. The molecule has 1 rings (SSSR count). The lowest BCUT2D eigenvalue weighted by Gasteiger charge is -2.12. The fraction of sp³-hybridized carbons (Fsp3) is 0.545. The van der Waals surface area contributed by atoms with E-state index in [0.717, 1.165) is 4.88 Å². The summed E-state index contributed by atoms with van der Waals surface area (Å²) in [5.41, 5.74) is 0. The number of aliphatic hydroxyl groups is 1. The minimum absolute atomic E-state index is 0.00296. The third-order valence-corrected chi connectivity index (χ3v) is 3.19. The molecule has 1 aromatic rings. The lowest BCUT2D eigenvalue weighted by atomic mass is 10.2. The Balaban J connectivity index is 2.32. The van der Waals surface area contributed by atoms with E-state index in [1.807, 2.05) is 24.4 Å². The van der Waals surface area contributed by atoms with E-state index >= 15 is 0 Å². The van der Waals surface area contributed by atoms with E-state index in [0.29, 0.717) is 12.8 Å². The predicted molar refractivity (Wildman–Crippen MR) is 61.8 cm³/mol. The Morgan fingerprint density at radius 1 is 1.60 bits per heavy atom. The Bertz CT molecular complexity index is 296. The van der Waals surface area contributed by atoms with Crippen LogP contribution in [0.3, 0.4) is 0 Å². The topological polar surface area (TPSA) is 49.3 Å². The standard InChI is InChI=1S/C11H17NO2S/c1-8(13)5-6-11(14)12-9(2)10-4-3-7-15-10/h3-4,7-9,13H,5-6H2,1-2H3,(H,12,14). The summed E-state index contributed by atoms with van der Waals surface area (Å²) in [7, 11) is 0. The second-order valence-electron chi connectivity index (χ2n) is 3.69. The van der Waals surface area contributed by atoms with Gasteiger partial charge in [-0.05, 0) is 31.7 Å². The maximum atomic E-state index is 11.4. The lowest BCUT2D eigenvalue weighted by molar-refractivity contribution is -0.122. The van der Waals surface area contributed by atoms with Crippen LogP contribution in [-0.2, 0) is 4.79 Å². The van der Waals surface area contributed by atoms with Crippen LogP contribution in [0.15, 0.2) is 17.5 Å². The van der Waals surface area contributed by atoms with E-state index in [1.165, 1.54) is 0 Å². The van der Waals surface area contributed by atoms with Crippen LogP contribution in [0.1, 0.15) is 37.6 Å². The van der Waals surface area contributed by atoms with E-state index in [4.69, 9.17) is 5.11 Å². The van der Waals surface area contributed by atoms with Crippen molar-refractivity contribution >= 4 is 17.2 Å². The minimum Gasteiger partial charge on any atom is -0.393 e. The highest BCUT2D eigenvalue weighted by Crippen LogP contribution is 2.18. The summed E-state index contributed by atoms with van der Waals surface area (Å²) in [6.45, 7) is 3.65. The van der Waals surface area contributed by atoms with Gasteiger partial charge in [-0.2, -0.15) is 0 Å². The summed E-state index contributed by atoms with van der Waals surface area (Å²) in [4.78, 5) is 12.6. The quantitative estimate of drug-likeness (QED) is 0.809. The van der Waals surface area contributed by atoms with Gasteiger partial charge in [0.2, 0.25) is 5.91 Å². The van der Waals surface area contributed by atoms with Crippen molar-refractivity contribution in [1.82, 2.24) is 5.32 Å². The molecule has 0 spiro atoms. The zero-order valence-electron chi connectivity index (χ0n) is 9.06. The summed E-state index contributed by atoms with van der Waals surface area (Å²) in [5.74, 6) is -0.00296. The number of hydrogen-bond acceptors (Lipinski definition) is 3. The fourth-order valence-electron chi connectivity index (χ4n) is 1.26. The molecule has 2 unspecified atom stereocenters. The minimum atomic E-state index is -0.409. The molecule has 0 bridgehead atoms. The van der Waals surface area contributed by atoms with Crippen LogP contribution < -0.4 is 5.32 Å². The largest absolute Gasteiger partial charge is 0.393 e. The number of aliphatic hydroxyl groups excluding tert-OH is 1. The monoisotopic (exact) mass is 227 g/mol. The molecular formula is C11H17NO2S. The van der Waals surface area contributed by atoms with Crippen LogP contribution in [0.4, 0.5) is 0 Å². The van der Waals surface area contributed by atoms with Gasteiger partial charge < -0.3 is 10.4 Å². The molecule has 1 aromatic heterocycles. The van der Waals surface area contributed by atoms with Crippen molar-refractivity contribution in [3.05, 3.63) is 22.4 Å². The number of carbonyl (C=O) groups excluding carboxylic acids is 1. The molecule has 4 heteroatoms. The molecule has 2 atom stereocenters. The zero-order chi connectivity index (χ0) is 11.3. The lowest BCUT2D eigenvalue weighted by Crippen LogP contribution is -2.26. The van der Waals surface area contributed by atoms with Gasteiger partial charge in [0.1, 0.15) is 0 Å². The van der Waals surface area contributed by atoms with Gasteiger partial charge in [0.05, 0.1) is 12.1 Å². The third kappa shape index (κ3) is 4.44. The average molecular weight is 227 g/mol. The fourth-order valence-corrected chi connectivity index (χ4v) is 2.00. The Kier molecular flexibility index (Phi) is 4.78. The second kappa shape index (κ2) is 5.88. The molecule has 0 aliphatic rings. The van der Waals surface area contributed by atoms with Gasteiger partial charge in [0, 0.05) is 11.3 Å². The van der Waals surface area contributed by atoms with Crippen molar-refractivity contribution in [2.24, 2.45) is 0 Å². The first-order valence-corrected chi connectivity index (χ1v) is 5.98. The van der Waals surface area contributed by atoms with E-state index in [2.05, 4.69) is 5.32 Å². The Morgan fingerprint density at radius 2 is 2.33 bits per heavy atom. The van der Waals surface area contributed by atoms with Gasteiger partial charge in [-0.3, -0.25) is 4.79 Å². The highest BCUT2D eigenvalue weighted by Gasteiger charge is 2.10. The van der Waals surface area contributed by atoms with Crippen LogP contribution >= 0.6 is 11.3 Å². The summed E-state index contributed by atoms with van der Waals surface area (Å²) >= 11 is 1.63. The van der Waals surface area contributed by atoms with E-state index in [9.17, 15) is 4.79 Å². The molecule has 15 heavy (non-hydrogen) atoms. The number of thiophene rings is 1. The maximum Gasteiger partial charge on any atom is 0.220 e. The first-order chi connectivity index (χ1) is 7.09. The summed E-state index contributed by atoms with van der Waals surface area (Å²) in [6, 6.07) is 4.04. The highest BCUT2D eigenvalue weighted by molar-refractivity contribution is 7.10. The molecule has 0 saturated carbocycles. The average Bonchev–Trinajstić information content (AvgIpc) is 2.67. The highest BCUT2D eigenvalue weighted by atomic mass is 32.1. The Morgan fingerprint density at radius 3 is 2.87 bits per heavy atom. The van der Waals surface area contributed by atoms with E-state index in [-0.39, 0.29) is 11.9 Å². The molecule has 0 fully saturated rings. The van der Waals surface area contributed by atoms with Gasteiger partial charge in [0.25, 0.3) is 0 Å². The number of rotatable bonds is 5. The normalized spacial score (nSPS) is 14.6. The molecule has 0 radical (unpaired) electrons. The van der Waals surface area contributed by atoms with Crippen molar-refractivity contribution in [1.29, 1.82) is 0 Å². The third-order valence-electron chi connectivity index (χ3n) is 2.14. The van der Waals surface area contributed by atoms with Crippen molar-refractivity contribution in [2.45, 2.75) is 38.8 Å². The summed E-state index contributed by atoms with van der Waals surface area (Å²) in [6.07, 6.45) is 0.490. The molecule has 0 aliphatic carbocycles. The molecule has 0 saturated heterocycles.